The van der Waals surface area contributed by atoms with Crippen LogP contribution in [-0.4, -0.2) is 29.0 Å². The maximum atomic E-state index is 13.0. The normalized spacial score (nSPS) is 14.1. The highest BCUT2D eigenvalue weighted by Gasteiger charge is 2.25. The Labute approximate surface area is 170 Å². The first-order chi connectivity index (χ1) is 13.9. The lowest BCUT2D eigenvalue weighted by molar-refractivity contribution is 0.0936. The van der Waals surface area contributed by atoms with Gasteiger partial charge in [0.1, 0.15) is 11.1 Å². The van der Waals surface area contributed by atoms with Crippen molar-refractivity contribution in [3.05, 3.63) is 81.8 Å². The third-order valence-corrected chi connectivity index (χ3v) is 5.43. The largest absolute Gasteiger partial charge is 0.350 e. The molecule has 0 saturated heterocycles. The summed E-state index contributed by atoms with van der Waals surface area (Å²) in [5.74, 6) is -0.946. The summed E-state index contributed by atoms with van der Waals surface area (Å²) in [7, 11) is 0. The van der Waals surface area contributed by atoms with E-state index in [2.05, 4.69) is 29.3 Å². The van der Waals surface area contributed by atoms with Gasteiger partial charge in [0.25, 0.3) is 11.8 Å². The van der Waals surface area contributed by atoms with Crippen LogP contribution in [0.25, 0.3) is 0 Å². The van der Waals surface area contributed by atoms with Crippen molar-refractivity contribution in [3.63, 3.8) is 0 Å². The number of nitrogens with one attached hydrogen (secondary N) is 2. The molecule has 3 rings (SSSR count). The van der Waals surface area contributed by atoms with Crippen molar-refractivity contribution in [3.8, 4) is 0 Å². The number of aromatic nitrogens is 1. The van der Waals surface area contributed by atoms with Crippen molar-refractivity contribution >= 4 is 11.8 Å². The zero-order chi connectivity index (χ0) is 21.0. The van der Waals surface area contributed by atoms with Crippen molar-refractivity contribution in [2.75, 3.05) is 6.54 Å². The number of carbonyl (C=O) groups excluding carboxylic acids is 2. The third kappa shape index (κ3) is 4.47. The molecule has 2 N–H and O–H groups in total. The van der Waals surface area contributed by atoms with Crippen LogP contribution < -0.4 is 16.1 Å². The number of nitrogens with zero attached hydrogens (tertiary/aromatic N) is 1. The van der Waals surface area contributed by atoms with Gasteiger partial charge >= 0.3 is 0 Å². The van der Waals surface area contributed by atoms with E-state index >= 15 is 0 Å². The van der Waals surface area contributed by atoms with Crippen molar-refractivity contribution in [1.29, 1.82) is 0 Å². The molecule has 1 aromatic carbocycles. The Kier molecular flexibility index (Phi) is 6.32. The Hall–Kier alpha value is -3.15. The van der Waals surface area contributed by atoms with Gasteiger partial charge in [0.15, 0.2) is 0 Å². The van der Waals surface area contributed by atoms with Crippen molar-refractivity contribution in [2.45, 2.75) is 45.2 Å². The molecule has 0 radical (unpaired) electrons. The number of benzene rings is 1. The number of amides is 2. The summed E-state index contributed by atoms with van der Waals surface area (Å²) in [5.41, 5.74) is 1.83. The average Bonchev–Trinajstić information content (AvgIpc) is 3.13. The first-order valence-corrected chi connectivity index (χ1v) is 9.97. The molecule has 152 valence electrons. The van der Waals surface area contributed by atoms with Crippen LogP contribution >= 0.6 is 0 Å². The lowest BCUT2D eigenvalue weighted by Gasteiger charge is -2.18. The van der Waals surface area contributed by atoms with Crippen LogP contribution in [0, 0.1) is 0 Å². The summed E-state index contributed by atoms with van der Waals surface area (Å²) in [6.45, 7) is 7.80. The van der Waals surface area contributed by atoms with E-state index in [4.69, 9.17) is 0 Å². The van der Waals surface area contributed by atoms with Crippen LogP contribution in [-0.2, 0) is 12.8 Å². The summed E-state index contributed by atoms with van der Waals surface area (Å²) in [4.78, 5) is 38.3. The molecule has 1 aromatic heterocycles. The Morgan fingerprint density at radius 2 is 1.76 bits per heavy atom. The van der Waals surface area contributed by atoms with E-state index in [1.807, 2.05) is 26.0 Å². The fourth-order valence-electron chi connectivity index (χ4n) is 3.57. The molecule has 6 nitrogen and oxygen atoms in total. The maximum absolute atomic E-state index is 13.0. The molecule has 0 unspecified atom stereocenters. The molecule has 0 aliphatic heterocycles. The van der Waals surface area contributed by atoms with Crippen LogP contribution in [0.1, 0.15) is 58.2 Å². The highest BCUT2D eigenvalue weighted by molar-refractivity contribution is 5.99. The van der Waals surface area contributed by atoms with E-state index < -0.39 is 17.2 Å². The molecule has 1 heterocycles. The lowest BCUT2D eigenvalue weighted by Crippen LogP contribution is -2.40. The molecule has 6 heteroatoms. The highest BCUT2D eigenvalue weighted by atomic mass is 16.2. The number of hydrogen-bond donors (Lipinski definition) is 2. The summed E-state index contributed by atoms with van der Waals surface area (Å²) in [6, 6.07) is 8.07. The van der Waals surface area contributed by atoms with Crippen molar-refractivity contribution in [2.24, 2.45) is 0 Å². The molecule has 0 fully saturated rings. The first-order valence-electron chi connectivity index (χ1n) is 9.97. The quantitative estimate of drug-likeness (QED) is 0.710. The molecule has 0 spiro atoms. The molecule has 0 bridgehead atoms. The average molecular weight is 393 g/mol. The zero-order valence-corrected chi connectivity index (χ0v) is 16.9. The topological polar surface area (TPSA) is 80.2 Å². The molecular weight excluding hydrogens is 366 g/mol. The second-order valence-corrected chi connectivity index (χ2v) is 7.47. The highest BCUT2D eigenvalue weighted by Crippen LogP contribution is 2.22. The monoisotopic (exact) mass is 393 g/mol. The van der Waals surface area contributed by atoms with E-state index in [0.29, 0.717) is 0 Å². The van der Waals surface area contributed by atoms with Gasteiger partial charge in [0.05, 0.1) is 0 Å². The van der Waals surface area contributed by atoms with E-state index in [1.54, 1.807) is 16.8 Å². The smallest absolute Gasteiger partial charge is 0.257 e. The molecule has 2 amide bonds. The number of pyridine rings is 1. The van der Waals surface area contributed by atoms with Crippen LogP contribution in [0.2, 0.25) is 0 Å². The maximum Gasteiger partial charge on any atom is 0.257 e. The minimum Gasteiger partial charge on any atom is -0.350 e. The fourth-order valence-corrected chi connectivity index (χ4v) is 3.57. The molecule has 2 aromatic rings. The van der Waals surface area contributed by atoms with Crippen LogP contribution in [0.3, 0.4) is 0 Å². The first kappa shape index (κ1) is 20.6. The minimum atomic E-state index is -0.556. The lowest BCUT2D eigenvalue weighted by atomic mass is 10.1. The SMILES string of the molecule is C=CCNC(=O)c1cn([C@@H](C)CC)cc(C(=O)NC2Cc3ccccc3C2)c1=O. The van der Waals surface area contributed by atoms with Gasteiger partial charge in [-0.05, 0) is 37.3 Å². The van der Waals surface area contributed by atoms with E-state index in [9.17, 15) is 14.4 Å². The molecule has 0 saturated carbocycles. The van der Waals surface area contributed by atoms with Gasteiger partial charge in [-0.1, -0.05) is 37.3 Å². The number of rotatable bonds is 7. The minimum absolute atomic E-state index is 0.00694. The van der Waals surface area contributed by atoms with Crippen molar-refractivity contribution in [1.82, 2.24) is 15.2 Å². The summed E-state index contributed by atoms with van der Waals surface area (Å²) >= 11 is 0. The summed E-state index contributed by atoms with van der Waals surface area (Å²) in [5, 5.41) is 5.60. The van der Waals surface area contributed by atoms with Crippen molar-refractivity contribution < 1.29 is 9.59 Å². The Morgan fingerprint density at radius 3 is 2.31 bits per heavy atom. The van der Waals surface area contributed by atoms with Crippen LogP contribution in [0.15, 0.2) is 54.1 Å². The fraction of sp³-hybridized carbons (Fsp3) is 0.348. The zero-order valence-electron chi connectivity index (χ0n) is 16.9. The standard InChI is InChI=1S/C23H27N3O3/c1-4-10-24-22(28)19-13-26(15(3)5-2)14-20(21(19)27)23(29)25-18-11-16-8-6-7-9-17(16)12-18/h4,6-9,13-15,18H,1,5,10-12H2,2-3H3,(H,24,28)(H,25,29)/t15-/m0/s1. The summed E-state index contributed by atoms with van der Waals surface area (Å²) in [6.07, 6.45) is 6.90. The number of fused-ring (bicyclic) bond motifs is 1. The van der Waals surface area contributed by atoms with Gasteiger partial charge in [-0.25, -0.2) is 0 Å². The Morgan fingerprint density at radius 1 is 1.17 bits per heavy atom. The van der Waals surface area contributed by atoms with Crippen LogP contribution in [0.5, 0.6) is 0 Å². The van der Waals surface area contributed by atoms with Gasteiger partial charge < -0.3 is 15.2 Å². The molecule has 1 aliphatic rings. The predicted octanol–water partition coefficient (Wildman–Crippen LogP) is 2.63. The molecular formula is C23H27N3O3. The number of hydrogen-bond acceptors (Lipinski definition) is 3. The second-order valence-electron chi connectivity index (χ2n) is 7.47. The molecule has 29 heavy (non-hydrogen) atoms. The van der Waals surface area contributed by atoms with Gasteiger partial charge in [0.2, 0.25) is 5.43 Å². The molecule has 1 aliphatic carbocycles. The van der Waals surface area contributed by atoms with E-state index in [1.165, 1.54) is 17.3 Å². The van der Waals surface area contributed by atoms with Crippen LogP contribution in [0.4, 0.5) is 0 Å². The van der Waals surface area contributed by atoms with Gasteiger partial charge in [-0.2, -0.15) is 0 Å². The Balaban J connectivity index is 1.88. The van der Waals surface area contributed by atoms with Gasteiger partial charge in [0, 0.05) is 31.0 Å². The van der Waals surface area contributed by atoms with Gasteiger partial charge in [-0.15, -0.1) is 6.58 Å². The number of carbonyl (C=O) groups is 2. The predicted molar refractivity (Wildman–Crippen MR) is 113 cm³/mol. The molecule has 1 atom stereocenters. The summed E-state index contributed by atoms with van der Waals surface area (Å²) < 4.78 is 1.77. The Bertz CT molecular complexity index is 968. The third-order valence-electron chi connectivity index (χ3n) is 5.43. The second kappa shape index (κ2) is 8.90. The van der Waals surface area contributed by atoms with Gasteiger partial charge in [-0.3, -0.25) is 14.4 Å². The van der Waals surface area contributed by atoms with E-state index in [-0.39, 0.29) is 29.8 Å². The van der Waals surface area contributed by atoms with E-state index in [0.717, 1.165) is 19.3 Å².